The van der Waals surface area contributed by atoms with Gasteiger partial charge in [0.1, 0.15) is 0 Å². The lowest BCUT2D eigenvalue weighted by Gasteiger charge is -2.26. The van der Waals surface area contributed by atoms with Crippen molar-refractivity contribution in [1.82, 2.24) is 4.90 Å². The molecule has 0 saturated heterocycles. The van der Waals surface area contributed by atoms with Crippen LogP contribution in [0.15, 0.2) is 58.3 Å². The zero-order valence-electron chi connectivity index (χ0n) is 17.0. The Bertz CT molecular complexity index is 922. The molecular weight excluding hydrogens is 446 g/mol. The van der Waals surface area contributed by atoms with Crippen LogP contribution in [0.4, 0.5) is 0 Å². The molecular formula is C20H27NO4S4. The predicted molar refractivity (Wildman–Crippen MR) is 124 cm³/mol. The molecule has 0 spiro atoms. The molecule has 0 aliphatic heterocycles. The van der Waals surface area contributed by atoms with Crippen LogP contribution >= 0.6 is 21.6 Å². The van der Waals surface area contributed by atoms with E-state index in [9.17, 15) is 16.8 Å². The molecule has 9 heteroatoms. The van der Waals surface area contributed by atoms with Gasteiger partial charge in [-0.3, -0.25) is 0 Å². The predicted octanol–water partition coefficient (Wildman–Crippen LogP) is 4.17. The van der Waals surface area contributed by atoms with Gasteiger partial charge in [0.25, 0.3) is 0 Å². The van der Waals surface area contributed by atoms with Crippen molar-refractivity contribution in [1.29, 1.82) is 0 Å². The molecule has 0 aromatic heterocycles. The van der Waals surface area contributed by atoms with Gasteiger partial charge in [-0.2, -0.15) is 0 Å². The van der Waals surface area contributed by atoms with Crippen molar-refractivity contribution in [2.45, 2.75) is 36.6 Å². The lowest BCUT2D eigenvalue weighted by Crippen LogP contribution is -2.36. The van der Waals surface area contributed by atoms with Crippen LogP contribution in [0, 0.1) is 13.8 Å². The number of aryl methyl sites for hydroxylation is 2. The Morgan fingerprint density at radius 2 is 1.10 bits per heavy atom. The van der Waals surface area contributed by atoms with Gasteiger partial charge >= 0.3 is 0 Å². The van der Waals surface area contributed by atoms with E-state index in [0.29, 0.717) is 6.54 Å². The Balaban J connectivity index is 2.07. The normalized spacial score (nSPS) is 12.6. The summed E-state index contributed by atoms with van der Waals surface area (Å²) in [5, 5.41) is 0. The summed E-state index contributed by atoms with van der Waals surface area (Å²) >= 11 is 0. The van der Waals surface area contributed by atoms with Gasteiger partial charge in [0.15, 0.2) is 0 Å². The van der Waals surface area contributed by atoms with E-state index in [0.717, 1.165) is 32.7 Å². The van der Waals surface area contributed by atoms with Crippen molar-refractivity contribution in [2.75, 3.05) is 25.1 Å². The van der Waals surface area contributed by atoms with Crippen LogP contribution in [0.2, 0.25) is 0 Å². The molecule has 0 aliphatic carbocycles. The van der Waals surface area contributed by atoms with E-state index in [-0.39, 0.29) is 27.3 Å². The third-order valence-electron chi connectivity index (χ3n) is 4.57. The maximum Gasteiger partial charge on any atom is 0.230 e. The largest absolute Gasteiger partial charge is 0.302 e. The van der Waals surface area contributed by atoms with E-state index in [1.807, 2.05) is 32.7 Å². The minimum absolute atomic E-state index is 0.199. The highest BCUT2D eigenvalue weighted by Crippen LogP contribution is 2.29. The van der Waals surface area contributed by atoms with Crippen LogP contribution in [0.5, 0.6) is 0 Å². The average molecular weight is 474 g/mol. The van der Waals surface area contributed by atoms with Crippen LogP contribution in [0.25, 0.3) is 0 Å². The van der Waals surface area contributed by atoms with Crippen molar-refractivity contribution in [3.05, 3.63) is 59.7 Å². The summed E-state index contributed by atoms with van der Waals surface area (Å²) in [7, 11) is -3.39. The molecule has 0 aliphatic rings. The molecule has 2 aromatic rings. The summed E-state index contributed by atoms with van der Waals surface area (Å²) in [6.07, 6.45) is 0. The fourth-order valence-corrected chi connectivity index (χ4v) is 8.72. The Kier molecular flexibility index (Phi) is 8.66. The standard InChI is InChI=1S/C20H27NO4S4/c1-5-21(4)18(14-26-28(22,23)19-10-6-16(2)7-11-19)15-27-29(24,25)20-12-8-17(3)9-13-20/h6-13,18H,5,14-15H2,1-4H3. The topological polar surface area (TPSA) is 71.5 Å². The van der Waals surface area contributed by atoms with Crippen LogP contribution in [0.3, 0.4) is 0 Å². The van der Waals surface area contributed by atoms with Gasteiger partial charge in [-0.1, -0.05) is 42.3 Å². The molecule has 0 fully saturated rings. The molecule has 0 bridgehead atoms. The van der Waals surface area contributed by atoms with Gasteiger partial charge in [0.05, 0.1) is 9.79 Å². The molecule has 0 atom stereocenters. The van der Waals surface area contributed by atoms with Crippen molar-refractivity contribution < 1.29 is 16.8 Å². The molecule has 2 rings (SSSR count). The number of hydrogen-bond donors (Lipinski definition) is 0. The van der Waals surface area contributed by atoms with Crippen molar-refractivity contribution in [3.8, 4) is 0 Å². The number of rotatable bonds is 10. The summed E-state index contributed by atoms with van der Waals surface area (Å²) in [4.78, 5) is 2.52. The maximum absolute atomic E-state index is 12.6. The van der Waals surface area contributed by atoms with E-state index >= 15 is 0 Å². The molecule has 0 N–H and O–H groups in total. The smallest absolute Gasteiger partial charge is 0.230 e. The molecule has 0 amide bonds. The van der Waals surface area contributed by atoms with Gasteiger partial charge in [0.2, 0.25) is 17.7 Å². The number of benzene rings is 2. The third-order valence-corrected chi connectivity index (χ3v) is 11.8. The second kappa shape index (κ2) is 10.3. The second-order valence-electron chi connectivity index (χ2n) is 6.83. The van der Waals surface area contributed by atoms with Crippen LogP contribution in [0.1, 0.15) is 18.1 Å². The molecule has 0 saturated carbocycles. The van der Waals surface area contributed by atoms with Gasteiger partial charge in [-0.25, -0.2) is 16.8 Å². The Morgan fingerprint density at radius 3 is 1.41 bits per heavy atom. The van der Waals surface area contributed by atoms with Crippen LogP contribution < -0.4 is 0 Å². The Hall–Kier alpha value is -1.00. The molecule has 0 heterocycles. The number of hydrogen-bond acceptors (Lipinski definition) is 7. The van der Waals surface area contributed by atoms with Crippen LogP contribution in [-0.2, 0) is 17.7 Å². The summed E-state index contributed by atoms with van der Waals surface area (Å²) in [5.41, 5.74) is 1.99. The SMILES string of the molecule is CCN(C)C(CSS(=O)(=O)c1ccc(C)cc1)CSS(=O)(=O)c1ccc(C)cc1. The van der Waals surface area contributed by atoms with Crippen molar-refractivity contribution in [3.63, 3.8) is 0 Å². The molecule has 5 nitrogen and oxygen atoms in total. The van der Waals surface area contributed by atoms with Gasteiger partial charge < -0.3 is 4.90 Å². The van der Waals surface area contributed by atoms with E-state index in [1.165, 1.54) is 0 Å². The van der Waals surface area contributed by atoms with E-state index in [4.69, 9.17) is 0 Å². The first-order valence-electron chi connectivity index (χ1n) is 9.17. The van der Waals surface area contributed by atoms with Gasteiger partial charge in [0, 0.05) is 17.5 Å². The highest BCUT2D eigenvalue weighted by atomic mass is 33.1. The van der Waals surface area contributed by atoms with Crippen LogP contribution in [-0.4, -0.2) is 52.9 Å². The van der Waals surface area contributed by atoms with Gasteiger partial charge in [-0.15, -0.1) is 0 Å². The van der Waals surface area contributed by atoms with E-state index < -0.39 is 17.7 Å². The first kappa shape index (κ1) is 24.3. The molecule has 29 heavy (non-hydrogen) atoms. The first-order valence-corrected chi connectivity index (χ1v) is 15.1. The minimum atomic E-state index is -3.49. The van der Waals surface area contributed by atoms with E-state index in [1.54, 1.807) is 48.5 Å². The minimum Gasteiger partial charge on any atom is -0.302 e. The lowest BCUT2D eigenvalue weighted by molar-refractivity contribution is 0.297. The average Bonchev–Trinajstić information content (AvgIpc) is 2.68. The fraction of sp³-hybridized carbons (Fsp3) is 0.400. The summed E-state index contributed by atoms with van der Waals surface area (Å²) < 4.78 is 50.5. The highest BCUT2D eigenvalue weighted by molar-refractivity contribution is 8.72. The monoisotopic (exact) mass is 473 g/mol. The zero-order chi connectivity index (χ0) is 21.7. The third kappa shape index (κ3) is 7.03. The molecule has 160 valence electrons. The lowest BCUT2D eigenvalue weighted by atomic mass is 10.2. The van der Waals surface area contributed by atoms with E-state index in [2.05, 4.69) is 0 Å². The first-order chi connectivity index (χ1) is 13.5. The van der Waals surface area contributed by atoms with Crippen molar-refractivity contribution >= 4 is 39.3 Å². The molecule has 0 radical (unpaired) electrons. The fourth-order valence-electron chi connectivity index (χ4n) is 2.44. The second-order valence-corrected chi connectivity index (χ2v) is 14.8. The Morgan fingerprint density at radius 1 is 0.759 bits per heavy atom. The number of nitrogens with zero attached hydrogens (tertiary/aromatic N) is 1. The summed E-state index contributed by atoms with van der Waals surface area (Å²) in [5.74, 6) is 0.577. The summed E-state index contributed by atoms with van der Waals surface area (Å²) in [6, 6.07) is 13.3. The zero-order valence-corrected chi connectivity index (χ0v) is 20.3. The quantitative estimate of drug-likeness (QED) is 0.480. The molecule has 2 aromatic carbocycles. The Labute approximate surface area is 181 Å². The van der Waals surface area contributed by atoms with Crippen molar-refractivity contribution in [2.24, 2.45) is 0 Å². The van der Waals surface area contributed by atoms with Gasteiger partial charge in [-0.05, 0) is 73.3 Å². The summed E-state index contributed by atoms with van der Waals surface area (Å²) in [6.45, 7) is 6.47. The highest BCUT2D eigenvalue weighted by Gasteiger charge is 2.24. The maximum atomic E-state index is 12.6. The molecule has 0 unspecified atom stereocenters.